The summed E-state index contributed by atoms with van der Waals surface area (Å²) in [4.78, 5) is 0. The highest BCUT2D eigenvalue weighted by atomic mass is 16.3. The highest BCUT2D eigenvalue weighted by molar-refractivity contribution is 6.44. The van der Waals surface area contributed by atoms with Crippen molar-refractivity contribution in [3.8, 4) is 0 Å². The first kappa shape index (κ1) is 9.27. The Morgan fingerprint density at radius 1 is 0.909 bits per heavy atom. The van der Waals surface area contributed by atoms with Crippen LogP contribution in [0.15, 0.2) is 0 Å². The molecule has 0 atom stereocenters. The molecule has 11 heavy (non-hydrogen) atoms. The Bertz CT molecular complexity index is 148. The lowest BCUT2D eigenvalue weighted by Gasteiger charge is -2.40. The third-order valence-corrected chi connectivity index (χ3v) is 3.09. The van der Waals surface area contributed by atoms with Gasteiger partial charge in [-0.05, 0) is 18.3 Å². The first-order valence-electron chi connectivity index (χ1n) is 4.15. The van der Waals surface area contributed by atoms with E-state index in [9.17, 15) is 10.2 Å². The molecule has 0 spiro atoms. The molecule has 6 heteroatoms. The molecule has 1 saturated carbocycles. The highest BCUT2D eigenvalue weighted by Crippen LogP contribution is 2.57. The first-order chi connectivity index (χ1) is 4.71. The summed E-state index contributed by atoms with van der Waals surface area (Å²) in [6.45, 7) is 0. The van der Waals surface area contributed by atoms with Crippen LogP contribution in [0.3, 0.4) is 0 Å². The van der Waals surface area contributed by atoms with Crippen molar-refractivity contribution in [1.82, 2.24) is 0 Å². The third-order valence-electron chi connectivity index (χ3n) is 3.09. The largest absolute Gasteiger partial charge is 0.407 e. The van der Waals surface area contributed by atoms with Gasteiger partial charge < -0.3 is 10.2 Å². The van der Waals surface area contributed by atoms with Crippen molar-refractivity contribution in [2.75, 3.05) is 0 Å². The lowest BCUT2D eigenvalue weighted by Crippen LogP contribution is -2.56. The van der Waals surface area contributed by atoms with Gasteiger partial charge in [-0.1, -0.05) is 0 Å². The zero-order valence-electron chi connectivity index (χ0n) is 7.81. The second-order valence-corrected chi connectivity index (χ2v) is 4.70. The van der Waals surface area contributed by atoms with Crippen molar-refractivity contribution >= 4 is 31.4 Å². The molecule has 1 aliphatic rings. The number of hydrogen-bond acceptors (Lipinski definition) is 2. The predicted molar refractivity (Wildman–Crippen MR) is 55.7 cm³/mol. The Kier molecular flexibility index (Phi) is 1.78. The van der Waals surface area contributed by atoms with Crippen molar-refractivity contribution < 1.29 is 10.2 Å². The van der Waals surface area contributed by atoms with Gasteiger partial charge in [0.15, 0.2) is 0 Å². The van der Waals surface area contributed by atoms with E-state index in [1.165, 1.54) is 0 Å². The lowest BCUT2D eigenvalue weighted by atomic mass is 9.43. The van der Waals surface area contributed by atoms with E-state index in [0.717, 1.165) is 12.8 Å². The maximum Gasteiger partial charge on any atom is 0.132 e. The van der Waals surface area contributed by atoms with Crippen LogP contribution in [0.4, 0.5) is 0 Å². The molecular formula is C5H14B4O2. The smallest absolute Gasteiger partial charge is 0.132 e. The molecule has 0 aromatic carbocycles. The molecule has 0 aliphatic heterocycles. The fourth-order valence-corrected chi connectivity index (χ4v) is 2.10. The minimum atomic E-state index is -0.759. The first-order valence-corrected chi connectivity index (χ1v) is 4.15. The van der Waals surface area contributed by atoms with Crippen LogP contribution in [0.2, 0.25) is 0 Å². The second kappa shape index (κ2) is 2.11. The van der Waals surface area contributed by atoms with E-state index < -0.39 is 10.8 Å². The van der Waals surface area contributed by atoms with Crippen LogP contribution in [0.25, 0.3) is 0 Å². The molecule has 1 aliphatic carbocycles. The van der Waals surface area contributed by atoms with Gasteiger partial charge in [-0.25, -0.2) is 0 Å². The van der Waals surface area contributed by atoms with Crippen molar-refractivity contribution in [2.24, 2.45) is 5.41 Å². The minimum absolute atomic E-state index is 0.264. The molecule has 0 bridgehead atoms. The lowest BCUT2D eigenvalue weighted by molar-refractivity contribution is 0.0304. The third kappa shape index (κ3) is 1.27. The maximum absolute atomic E-state index is 9.78. The predicted octanol–water partition coefficient (Wildman–Crippen LogP) is -4.41. The Morgan fingerprint density at radius 3 is 1.18 bits per heavy atom. The summed E-state index contributed by atoms with van der Waals surface area (Å²) in [7, 11) is 7.10. The number of rotatable bonds is 2. The van der Waals surface area contributed by atoms with Gasteiger partial charge in [0.2, 0.25) is 0 Å². The molecule has 0 radical (unpaired) electrons. The Balaban J connectivity index is 2.85. The molecule has 0 unspecified atom stereocenters. The van der Waals surface area contributed by atoms with Gasteiger partial charge in [-0.3, -0.25) is 0 Å². The van der Waals surface area contributed by atoms with Gasteiger partial charge in [-0.15, -0.1) is 0 Å². The Morgan fingerprint density at radius 2 is 1.18 bits per heavy atom. The van der Waals surface area contributed by atoms with Gasteiger partial charge in [0.05, 0.1) is 0 Å². The van der Waals surface area contributed by atoms with E-state index in [2.05, 4.69) is 0 Å². The standard InChI is InChI=1S/C5H14B4O2/c6-4(7,10)3(1-2-3)5(8,9)11/h10-11H,1-2,6-9H2. The van der Waals surface area contributed by atoms with Crippen LogP contribution >= 0.6 is 0 Å². The summed E-state index contributed by atoms with van der Waals surface area (Å²) < 4.78 is 0. The van der Waals surface area contributed by atoms with Gasteiger partial charge in [0.25, 0.3) is 0 Å². The van der Waals surface area contributed by atoms with Crippen molar-refractivity contribution in [3.05, 3.63) is 0 Å². The zero-order valence-corrected chi connectivity index (χ0v) is 7.81. The normalized spacial score (nSPS) is 23.1. The summed E-state index contributed by atoms with van der Waals surface area (Å²) in [5.41, 5.74) is -0.264. The summed E-state index contributed by atoms with van der Waals surface area (Å²) >= 11 is 0. The second-order valence-electron chi connectivity index (χ2n) is 4.70. The summed E-state index contributed by atoms with van der Waals surface area (Å²) in [6.07, 6.45) is 1.86. The van der Waals surface area contributed by atoms with Crippen LogP contribution in [-0.4, -0.2) is 52.4 Å². The van der Waals surface area contributed by atoms with E-state index in [4.69, 9.17) is 0 Å². The average Bonchev–Trinajstić information content (AvgIpc) is 2.31. The number of aliphatic hydroxyl groups is 2. The van der Waals surface area contributed by atoms with Crippen molar-refractivity contribution in [3.63, 3.8) is 0 Å². The van der Waals surface area contributed by atoms with E-state index in [-0.39, 0.29) is 5.41 Å². The highest BCUT2D eigenvalue weighted by Gasteiger charge is 2.60. The van der Waals surface area contributed by atoms with Crippen LogP contribution in [-0.2, 0) is 0 Å². The SMILES string of the molecule is BC(B)(O)C1(C(B)(B)O)CC1. The van der Waals surface area contributed by atoms with E-state index in [1.54, 1.807) is 31.4 Å². The average molecular weight is 149 g/mol. The summed E-state index contributed by atoms with van der Waals surface area (Å²) in [5.74, 6) is 0. The molecule has 0 aromatic rings. The van der Waals surface area contributed by atoms with Crippen LogP contribution in [0.1, 0.15) is 12.8 Å². The molecule has 2 nitrogen and oxygen atoms in total. The van der Waals surface area contributed by atoms with Gasteiger partial charge >= 0.3 is 0 Å². The molecule has 0 amide bonds. The van der Waals surface area contributed by atoms with Crippen molar-refractivity contribution in [2.45, 2.75) is 23.6 Å². The summed E-state index contributed by atoms with van der Waals surface area (Å²) in [5, 5.41) is 18.0. The molecule has 1 fully saturated rings. The molecule has 58 valence electrons. The molecular weight excluding hydrogens is 135 g/mol. The van der Waals surface area contributed by atoms with Crippen LogP contribution < -0.4 is 0 Å². The Hall–Kier alpha value is 0.180. The molecule has 2 N–H and O–H groups in total. The van der Waals surface area contributed by atoms with Gasteiger partial charge in [-0.2, -0.15) is 0 Å². The molecule has 0 aromatic heterocycles. The molecule has 0 saturated heterocycles. The number of hydrogen-bond donors (Lipinski definition) is 2. The summed E-state index contributed by atoms with van der Waals surface area (Å²) in [6, 6.07) is 0. The molecule has 1 rings (SSSR count). The van der Waals surface area contributed by atoms with E-state index in [1.807, 2.05) is 0 Å². The minimum Gasteiger partial charge on any atom is -0.407 e. The van der Waals surface area contributed by atoms with Gasteiger partial charge in [0.1, 0.15) is 31.4 Å². The van der Waals surface area contributed by atoms with Crippen molar-refractivity contribution in [1.29, 1.82) is 0 Å². The topological polar surface area (TPSA) is 40.5 Å². The fourth-order valence-electron chi connectivity index (χ4n) is 2.10. The zero-order chi connectivity index (χ0) is 8.91. The fraction of sp³-hybridized carbons (Fsp3) is 1.00. The van der Waals surface area contributed by atoms with E-state index in [0.29, 0.717) is 0 Å². The molecule has 0 heterocycles. The van der Waals surface area contributed by atoms with Crippen LogP contribution in [0.5, 0.6) is 0 Å². The van der Waals surface area contributed by atoms with E-state index >= 15 is 0 Å². The monoisotopic (exact) mass is 150 g/mol. The van der Waals surface area contributed by atoms with Gasteiger partial charge in [0, 0.05) is 10.8 Å². The maximum atomic E-state index is 9.78. The Labute approximate surface area is 71.4 Å². The van der Waals surface area contributed by atoms with Crippen LogP contribution in [0, 0.1) is 5.41 Å². The quantitative estimate of drug-likeness (QED) is 0.389.